The number of aromatic nitrogens is 4. The number of hydrogen-bond donors (Lipinski definition) is 1. The molecule has 3 heterocycles. The molecule has 0 aliphatic carbocycles. The van der Waals surface area contributed by atoms with Crippen LogP contribution in [-0.4, -0.2) is 64.1 Å². The number of thioether (sulfide) groups is 1. The summed E-state index contributed by atoms with van der Waals surface area (Å²) in [5.74, 6) is 0.416. The Labute approximate surface area is 174 Å². The van der Waals surface area contributed by atoms with E-state index in [1.807, 2.05) is 12.5 Å². The van der Waals surface area contributed by atoms with Crippen LogP contribution in [0.3, 0.4) is 0 Å². The van der Waals surface area contributed by atoms with Crippen molar-refractivity contribution in [2.75, 3.05) is 37.4 Å². The third-order valence-corrected chi connectivity index (χ3v) is 5.35. The van der Waals surface area contributed by atoms with Crippen molar-refractivity contribution in [1.29, 1.82) is 0 Å². The van der Waals surface area contributed by atoms with Gasteiger partial charge >= 0.3 is 5.97 Å². The van der Waals surface area contributed by atoms with Crippen LogP contribution in [0, 0.1) is 0 Å². The summed E-state index contributed by atoms with van der Waals surface area (Å²) in [7, 11) is 0. The third-order valence-electron chi connectivity index (χ3n) is 4.80. The molecule has 9 nitrogen and oxygen atoms in total. The number of hydrogen-bond acceptors (Lipinski definition) is 8. The second-order valence-corrected chi connectivity index (χ2v) is 7.61. The fourth-order valence-corrected chi connectivity index (χ4v) is 3.72. The van der Waals surface area contributed by atoms with Crippen LogP contribution in [0.15, 0.2) is 11.4 Å². The van der Waals surface area contributed by atoms with E-state index in [0.717, 1.165) is 35.1 Å². The third kappa shape index (κ3) is 5.59. The van der Waals surface area contributed by atoms with Crippen LogP contribution in [0.2, 0.25) is 0 Å². The summed E-state index contributed by atoms with van der Waals surface area (Å²) in [5, 5.41) is 8.96. The number of esters is 1. The number of amides is 1. The lowest BCUT2D eigenvalue weighted by Gasteiger charge is -2.28. The molecular formula is C19H28N6O3S. The van der Waals surface area contributed by atoms with Gasteiger partial charge in [-0.2, -0.15) is 5.10 Å². The maximum atomic E-state index is 11.9. The van der Waals surface area contributed by atoms with Crippen molar-refractivity contribution in [3.05, 3.63) is 6.20 Å². The minimum Gasteiger partial charge on any atom is -0.466 e. The molecule has 0 aromatic carbocycles. The molecule has 3 rings (SSSR count). The maximum Gasteiger partial charge on any atom is 0.306 e. The molecule has 1 N–H and O–H groups in total. The highest BCUT2D eigenvalue weighted by Gasteiger charge is 2.19. The van der Waals surface area contributed by atoms with Crippen molar-refractivity contribution in [1.82, 2.24) is 25.1 Å². The first kappa shape index (κ1) is 21.4. The summed E-state index contributed by atoms with van der Waals surface area (Å²) in [6.45, 7) is 4.99. The molecule has 1 aliphatic rings. The van der Waals surface area contributed by atoms with Crippen molar-refractivity contribution in [3.8, 4) is 0 Å². The minimum absolute atomic E-state index is 0.0911. The fourth-order valence-electron chi connectivity index (χ4n) is 3.36. The Morgan fingerprint density at radius 2 is 2.00 bits per heavy atom. The summed E-state index contributed by atoms with van der Waals surface area (Å²) < 4.78 is 6.64. The maximum absolute atomic E-state index is 11.9. The molecule has 29 heavy (non-hydrogen) atoms. The van der Waals surface area contributed by atoms with Crippen LogP contribution in [0.5, 0.6) is 0 Å². The summed E-state index contributed by atoms with van der Waals surface area (Å²) in [5.41, 5.74) is 0.783. The van der Waals surface area contributed by atoms with Crippen molar-refractivity contribution in [3.63, 3.8) is 0 Å². The van der Waals surface area contributed by atoms with Crippen molar-refractivity contribution < 1.29 is 14.3 Å². The number of carbonyl (C=O) groups excluding carboxylic acids is 2. The average Bonchev–Trinajstić information content (AvgIpc) is 3.15. The number of nitrogens with one attached hydrogen (secondary N) is 1. The van der Waals surface area contributed by atoms with Gasteiger partial charge < -0.3 is 15.0 Å². The van der Waals surface area contributed by atoms with Gasteiger partial charge in [0.25, 0.3) is 0 Å². The molecule has 2 aromatic heterocycles. The highest BCUT2D eigenvalue weighted by atomic mass is 32.2. The smallest absolute Gasteiger partial charge is 0.306 e. The fraction of sp³-hybridized carbons (Fsp3) is 0.632. The second-order valence-electron chi connectivity index (χ2n) is 6.84. The van der Waals surface area contributed by atoms with Gasteiger partial charge in [-0.25, -0.2) is 14.6 Å². The van der Waals surface area contributed by atoms with Crippen LogP contribution in [-0.2, 0) is 20.9 Å². The molecule has 0 saturated carbocycles. The van der Waals surface area contributed by atoms with E-state index in [9.17, 15) is 9.59 Å². The zero-order valence-corrected chi connectivity index (χ0v) is 17.8. The van der Waals surface area contributed by atoms with E-state index in [0.29, 0.717) is 19.7 Å². The van der Waals surface area contributed by atoms with E-state index < -0.39 is 0 Å². The normalized spacial score (nSPS) is 14.2. The zero-order chi connectivity index (χ0) is 20.6. The quantitative estimate of drug-likeness (QED) is 0.373. The van der Waals surface area contributed by atoms with Crippen molar-refractivity contribution in [2.24, 2.45) is 0 Å². The Hall–Kier alpha value is -2.36. The lowest BCUT2D eigenvalue weighted by atomic mass is 10.1. The molecule has 0 spiro atoms. The van der Waals surface area contributed by atoms with Crippen LogP contribution >= 0.6 is 11.8 Å². The molecule has 0 unspecified atom stereocenters. The van der Waals surface area contributed by atoms with Gasteiger partial charge in [-0.3, -0.25) is 9.59 Å². The Balaban J connectivity index is 1.64. The predicted molar refractivity (Wildman–Crippen MR) is 112 cm³/mol. The first-order chi connectivity index (χ1) is 14.1. The lowest BCUT2D eigenvalue weighted by molar-refractivity contribution is -0.144. The van der Waals surface area contributed by atoms with Gasteiger partial charge in [0.15, 0.2) is 10.8 Å². The molecule has 1 fully saturated rings. The number of rotatable bonds is 9. The molecule has 158 valence electrons. The van der Waals surface area contributed by atoms with E-state index in [-0.39, 0.29) is 24.7 Å². The van der Waals surface area contributed by atoms with Gasteiger partial charge in [0.2, 0.25) is 5.91 Å². The molecule has 1 amide bonds. The van der Waals surface area contributed by atoms with Crippen molar-refractivity contribution in [2.45, 2.75) is 50.7 Å². The SMILES string of the molecule is CCOC(=O)CCC(=O)NCCn1ncc2c(N3CCCCC3)nc(SC)nc21. The summed E-state index contributed by atoms with van der Waals surface area (Å²) in [6.07, 6.45) is 7.59. The van der Waals surface area contributed by atoms with Gasteiger partial charge in [-0.1, -0.05) is 11.8 Å². The highest BCUT2D eigenvalue weighted by Crippen LogP contribution is 2.28. The molecule has 10 heteroatoms. The molecule has 1 aliphatic heterocycles. The Bertz CT molecular complexity index is 850. The molecule has 2 aromatic rings. The van der Waals surface area contributed by atoms with E-state index in [2.05, 4.69) is 20.3 Å². The standard InChI is InChI=1S/C19H28N6O3S/c1-3-28-16(27)8-7-15(26)20-9-12-25-18-14(13-21-25)17(22-19(23-18)29-2)24-10-5-4-6-11-24/h13H,3-12H2,1-2H3,(H,20,26). The molecule has 0 radical (unpaired) electrons. The Morgan fingerprint density at radius 1 is 1.21 bits per heavy atom. The number of carbonyl (C=O) groups is 2. The van der Waals surface area contributed by atoms with Gasteiger partial charge in [-0.15, -0.1) is 0 Å². The lowest BCUT2D eigenvalue weighted by Crippen LogP contribution is -2.30. The van der Waals surface area contributed by atoms with Crippen LogP contribution < -0.4 is 10.2 Å². The largest absolute Gasteiger partial charge is 0.466 e. The monoisotopic (exact) mass is 420 g/mol. The topological polar surface area (TPSA) is 102 Å². The minimum atomic E-state index is -0.354. The average molecular weight is 421 g/mol. The summed E-state index contributed by atoms with van der Waals surface area (Å²) in [4.78, 5) is 34.9. The summed E-state index contributed by atoms with van der Waals surface area (Å²) >= 11 is 1.51. The zero-order valence-electron chi connectivity index (χ0n) is 17.0. The van der Waals surface area contributed by atoms with Gasteiger partial charge in [0.1, 0.15) is 5.82 Å². The van der Waals surface area contributed by atoms with Crippen LogP contribution in [0.4, 0.5) is 5.82 Å². The molecule has 0 atom stereocenters. The molecular weight excluding hydrogens is 392 g/mol. The van der Waals surface area contributed by atoms with Gasteiger partial charge in [-0.05, 0) is 32.4 Å². The van der Waals surface area contributed by atoms with E-state index in [1.54, 1.807) is 11.6 Å². The Morgan fingerprint density at radius 3 is 2.72 bits per heavy atom. The number of ether oxygens (including phenoxy) is 1. The number of fused-ring (bicyclic) bond motifs is 1. The van der Waals surface area contributed by atoms with Crippen LogP contribution in [0.25, 0.3) is 11.0 Å². The molecule has 0 bridgehead atoms. The number of nitrogens with zero attached hydrogens (tertiary/aromatic N) is 5. The predicted octanol–water partition coefficient (Wildman–Crippen LogP) is 2.00. The molecule has 1 saturated heterocycles. The number of anilines is 1. The highest BCUT2D eigenvalue weighted by molar-refractivity contribution is 7.98. The van der Waals surface area contributed by atoms with Crippen molar-refractivity contribution >= 4 is 40.5 Å². The van der Waals surface area contributed by atoms with E-state index in [4.69, 9.17) is 9.72 Å². The van der Waals surface area contributed by atoms with E-state index >= 15 is 0 Å². The van der Waals surface area contributed by atoms with Gasteiger partial charge in [0, 0.05) is 26.1 Å². The number of piperidine rings is 1. The van der Waals surface area contributed by atoms with Crippen LogP contribution in [0.1, 0.15) is 39.0 Å². The summed E-state index contributed by atoms with van der Waals surface area (Å²) in [6, 6.07) is 0. The van der Waals surface area contributed by atoms with E-state index in [1.165, 1.54) is 31.0 Å². The Kier molecular flexibility index (Phi) is 7.68. The second kappa shape index (κ2) is 10.4. The first-order valence-electron chi connectivity index (χ1n) is 10.1. The first-order valence-corrected chi connectivity index (χ1v) is 11.3. The van der Waals surface area contributed by atoms with Gasteiger partial charge in [0.05, 0.1) is 31.2 Å².